The normalized spacial score (nSPS) is 16.0. The topological polar surface area (TPSA) is 58.1 Å². The molecule has 1 aliphatic heterocycles. The van der Waals surface area contributed by atoms with E-state index in [4.69, 9.17) is 14.5 Å². The molecule has 3 rings (SSSR count). The van der Waals surface area contributed by atoms with Crippen LogP contribution in [0.4, 0.5) is 4.39 Å². The van der Waals surface area contributed by atoms with Gasteiger partial charge in [0.25, 0.3) is 0 Å². The Kier molecular flexibility index (Phi) is 9.12. The Hall–Kier alpha value is -2.64. The first kappa shape index (κ1) is 23.0. The van der Waals surface area contributed by atoms with Crippen LogP contribution in [-0.4, -0.2) is 56.4 Å². The number of aliphatic imine (C=N–C) groups is 1. The number of ether oxygens (including phenoxy) is 2. The molecule has 31 heavy (non-hydrogen) atoms. The van der Waals surface area contributed by atoms with Gasteiger partial charge in [0.2, 0.25) is 0 Å². The highest BCUT2D eigenvalue weighted by Crippen LogP contribution is 2.17. The number of halogens is 1. The van der Waals surface area contributed by atoms with Gasteiger partial charge >= 0.3 is 0 Å². The highest BCUT2D eigenvalue weighted by molar-refractivity contribution is 5.79. The van der Waals surface area contributed by atoms with Crippen LogP contribution in [0.25, 0.3) is 0 Å². The van der Waals surface area contributed by atoms with Gasteiger partial charge in [-0.05, 0) is 37.1 Å². The van der Waals surface area contributed by atoms with E-state index in [9.17, 15) is 4.39 Å². The fraction of sp³-hybridized carbons (Fsp3) is 0.458. The van der Waals surface area contributed by atoms with Crippen LogP contribution in [0.1, 0.15) is 25.0 Å². The molecule has 0 amide bonds. The average Bonchev–Trinajstić information content (AvgIpc) is 2.79. The standard InChI is InChI=1S/C24H33FN4O2/c1-3-26-24(27-16-19(2)31-23-11-7-6-10-22(23)25)28-17-20-8-4-5-9-21(20)18-29-12-14-30-15-13-29/h4-11,19H,3,12-18H2,1-2H3,(H2,26,27,28). The van der Waals surface area contributed by atoms with E-state index in [1.807, 2.05) is 13.8 Å². The van der Waals surface area contributed by atoms with Gasteiger partial charge in [0, 0.05) is 26.2 Å². The van der Waals surface area contributed by atoms with Crippen LogP contribution in [0.15, 0.2) is 53.5 Å². The van der Waals surface area contributed by atoms with E-state index in [-0.39, 0.29) is 17.7 Å². The second-order valence-electron chi connectivity index (χ2n) is 7.59. The lowest BCUT2D eigenvalue weighted by Crippen LogP contribution is -2.41. The molecule has 7 heteroatoms. The molecule has 1 unspecified atom stereocenters. The number of morpholine rings is 1. The summed E-state index contributed by atoms with van der Waals surface area (Å²) in [6.45, 7) is 10.2. The van der Waals surface area contributed by atoms with Gasteiger partial charge < -0.3 is 20.1 Å². The number of rotatable bonds is 9. The van der Waals surface area contributed by atoms with Crippen LogP contribution >= 0.6 is 0 Å². The minimum Gasteiger partial charge on any atom is -0.486 e. The Bertz CT molecular complexity index is 840. The van der Waals surface area contributed by atoms with Crippen molar-refractivity contribution in [3.05, 3.63) is 65.5 Å². The average molecular weight is 429 g/mol. The fourth-order valence-electron chi connectivity index (χ4n) is 3.41. The van der Waals surface area contributed by atoms with Gasteiger partial charge in [-0.15, -0.1) is 0 Å². The van der Waals surface area contributed by atoms with Crippen molar-refractivity contribution in [1.82, 2.24) is 15.5 Å². The van der Waals surface area contributed by atoms with Crippen LogP contribution in [0, 0.1) is 5.82 Å². The van der Waals surface area contributed by atoms with Crippen molar-refractivity contribution in [3.8, 4) is 5.75 Å². The molecule has 6 nitrogen and oxygen atoms in total. The third-order valence-corrected chi connectivity index (χ3v) is 5.09. The lowest BCUT2D eigenvalue weighted by atomic mass is 10.1. The zero-order chi connectivity index (χ0) is 21.9. The predicted octanol–water partition coefficient (Wildman–Crippen LogP) is 3.18. The van der Waals surface area contributed by atoms with Crippen LogP contribution in [0.5, 0.6) is 5.75 Å². The van der Waals surface area contributed by atoms with Crippen LogP contribution in [-0.2, 0) is 17.8 Å². The summed E-state index contributed by atoms with van der Waals surface area (Å²) in [4.78, 5) is 7.17. The smallest absolute Gasteiger partial charge is 0.191 e. The first-order chi connectivity index (χ1) is 15.2. The third kappa shape index (κ3) is 7.52. The van der Waals surface area contributed by atoms with E-state index < -0.39 is 0 Å². The molecule has 0 saturated carbocycles. The number of hydrogen-bond acceptors (Lipinski definition) is 4. The molecule has 0 aromatic heterocycles. The second-order valence-corrected chi connectivity index (χ2v) is 7.59. The summed E-state index contributed by atoms with van der Waals surface area (Å²) in [5, 5.41) is 6.56. The number of hydrogen-bond donors (Lipinski definition) is 2. The molecule has 2 aromatic rings. The van der Waals surface area contributed by atoms with Gasteiger partial charge in [-0.2, -0.15) is 0 Å². The van der Waals surface area contributed by atoms with Gasteiger partial charge in [0.15, 0.2) is 17.5 Å². The maximum absolute atomic E-state index is 13.8. The molecule has 1 heterocycles. The summed E-state index contributed by atoms with van der Waals surface area (Å²) < 4.78 is 24.9. The molecule has 168 valence electrons. The summed E-state index contributed by atoms with van der Waals surface area (Å²) in [5.74, 6) is 0.621. The van der Waals surface area contributed by atoms with Gasteiger partial charge in [-0.25, -0.2) is 9.38 Å². The Morgan fingerprint density at radius 3 is 2.55 bits per heavy atom. The van der Waals surface area contributed by atoms with E-state index in [2.05, 4.69) is 39.8 Å². The van der Waals surface area contributed by atoms with Crippen LogP contribution in [0.3, 0.4) is 0 Å². The lowest BCUT2D eigenvalue weighted by molar-refractivity contribution is 0.0341. The molecule has 0 radical (unpaired) electrons. The van der Waals surface area contributed by atoms with Gasteiger partial charge in [-0.1, -0.05) is 36.4 Å². The van der Waals surface area contributed by atoms with Crippen molar-refractivity contribution in [1.29, 1.82) is 0 Å². The maximum Gasteiger partial charge on any atom is 0.191 e. The van der Waals surface area contributed by atoms with Crippen LogP contribution in [0.2, 0.25) is 0 Å². The van der Waals surface area contributed by atoms with Crippen molar-refractivity contribution >= 4 is 5.96 Å². The summed E-state index contributed by atoms with van der Waals surface area (Å²) in [6.07, 6.45) is -0.214. The molecular formula is C24H33FN4O2. The fourth-order valence-corrected chi connectivity index (χ4v) is 3.41. The predicted molar refractivity (Wildman–Crippen MR) is 122 cm³/mol. The number of para-hydroxylation sites is 1. The molecule has 1 saturated heterocycles. The quantitative estimate of drug-likeness (QED) is 0.475. The summed E-state index contributed by atoms with van der Waals surface area (Å²) in [6, 6.07) is 14.9. The maximum atomic E-state index is 13.8. The molecule has 2 aromatic carbocycles. The Balaban J connectivity index is 1.57. The molecule has 0 spiro atoms. The van der Waals surface area contributed by atoms with Crippen molar-refractivity contribution < 1.29 is 13.9 Å². The molecule has 1 aliphatic rings. The van der Waals surface area contributed by atoms with E-state index >= 15 is 0 Å². The number of nitrogens with one attached hydrogen (secondary N) is 2. The van der Waals surface area contributed by atoms with Crippen molar-refractivity contribution in [2.24, 2.45) is 4.99 Å². The molecule has 0 aliphatic carbocycles. The summed E-state index contributed by atoms with van der Waals surface area (Å²) >= 11 is 0. The summed E-state index contributed by atoms with van der Waals surface area (Å²) in [5.41, 5.74) is 2.50. The first-order valence-electron chi connectivity index (χ1n) is 11.0. The van der Waals surface area contributed by atoms with Crippen molar-refractivity contribution in [2.45, 2.75) is 33.0 Å². The van der Waals surface area contributed by atoms with Crippen molar-refractivity contribution in [3.63, 3.8) is 0 Å². The Labute approximate surface area is 184 Å². The van der Waals surface area contributed by atoms with E-state index in [1.54, 1.807) is 18.2 Å². The van der Waals surface area contributed by atoms with Crippen LogP contribution < -0.4 is 15.4 Å². The van der Waals surface area contributed by atoms with Gasteiger partial charge in [0.1, 0.15) is 6.10 Å². The lowest BCUT2D eigenvalue weighted by Gasteiger charge is -2.27. The molecule has 1 fully saturated rings. The second kappa shape index (κ2) is 12.3. The van der Waals surface area contributed by atoms with E-state index in [0.717, 1.165) is 39.4 Å². The minimum atomic E-state index is -0.355. The SMILES string of the molecule is CCNC(=NCc1ccccc1CN1CCOCC1)NCC(C)Oc1ccccc1F. The number of benzene rings is 2. The monoisotopic (exact) mass is 428 g/mol. The third-order valence-electron chi connectivity index (χ3n) is 5.09. The van der Waals surface area contributed by atoms with E-state index in [1.165, 1.54) is 17.2 Å². The highest BCUT2D eigenvalue weighted by atomic mass is 19.1. The number of nitrogens with zero attached hydrogens (tertiary/aromatic N) is 2. The van der Waals surface area contributed by atoms with E-state index in [0.29, 0.717) is 19.0 Å². The van der Waals surface area contributed by atoms with Gasteiger partial charge in [0.05, 0.1) is 26.3 Å². The van der Waals surface area contributed by atoms with Crippen molar-refractivity contribution in [2.75, 3.05) is 39.4 Å². The van der Waals surface area contributed by atoms with Gasteiger partial charge in [-0.3, -0.25) is 4.90 Å². The highest BCUT2D eigenvalue weighted by Gasteiger charge is 2.13. The minimum absolute atomic E-state index is 0.214. The number of guanidine groups is 1. The first-order valence-corrected chi connectivity index (χ1v) is 11.0. The molecule has 1 atom stereocenters. The Morgan fingerprint density at radius 1 is 1.10 bits per heavy atom. The molecule has 2 N–H and O–H groups in total. The Morgan fingerprint density at radius 2 is 1.81 bits per heavy atom. The largest absolute Gasteiger partial charge is 0.486 e. The molecule has 0 bridgehead atoms. The molecular weight excluding hydrogens is 395 g/mol. The summed E-state index contributed by atoms with van der Waals surface area (Å²) in [7, 11) is 0. The zero-order valence-corrected chi connectivity index (χ0v) is 18.4. The zero-order valence-electron chi connectivity index (χ0n) is 18.4.